The number of methoxy groups -OCH3 is 1. The molecular weight excluding hydrogens is 210 g/mol. The van der Waals surface area contributed by atoms with Crippen LogP contribution in [0.2, 0.25) is 0 Å². The van der Waals surface area contributed by atoms with Crippen molar-refractivity contribution in [1.29, 1.82) is 0 Å². The lowest BCUT2D eigenvalue weighted by molar-refractivity contribution is 0.0618. The van der Waals surface area contributed by atoms with Crippen molar-refractivity contribution >= 4 is 11.8 Å². The lowest BCUT2D eigenvalue weighted by Gasteiger charge is -2.28. The molecule has 4 heteroatoms. The van der Waals surface area contributed by atoms with Gasteiger partial charge in [0, 0.05) is 24.9 Å². The van der Waals surface area contributed by atoms with Gasteiger partial charge in [-0.25, -0.2) is 0 Å². The number of rotatable bonds is 6. The van der Waals surface area contributed by atoms with E-state index in [1.807, 2.05) is 11.8 Å². The maximum atomic E-state index is 9.49. The van der Waals surface area contributed by atoms with Gasteiger partial charge in [0.25, 0.3) is 0 Å². The molecule has 1 fully saturated rings. The van der Waals surface area contributed by atoms with E-state index in [9.17, 15) is 5.11 Å². The molecule has 3 nitrogen and oxygen atoms in total. The first-order chi connectivity index (χ1) is 7.26. The number of hydrogen-bond acceptors (Lipinski definition) is 4. The van der Waals surface area contributed by atoms with Gasteiger partial charge in [0.2, 0.25) is 0 Å². The molecule has 1 aliphatic rings. The van der Waals surface area contributed by atoms with Crippen molar-refractivity contribution in [1.82, 2.24) is 5.32 Å². The molecule has 90 valence electrons. The molecule has 2 N–H and O–H groups in total. The average Bonchev–Trinajstić information content (AvgIpc) is 2.27. The smallest absolute Gasteiger partial charge is 0.0897 e. The minimum absolute atomic E-state index is 0.367. The zero-order valence-corrected chi connectivity index (χ0v) is 10.6. The molecule has 0 aromatic carbocycles. The van der Waals surface area contributed by atoms with Crippen LogP contribution in [0.3, 0.4) is 0 Å². The summed E-state index contributed by atoms with van der Waals surface area (Å²) in [7, 11) is 1.62. The zero-order valence-electron chi connectivity index (χ0n) is 9.74. The van der Waals surface area contributed by atoms with Crippen molar-refractivity contribution in [3.8, 4) is 0 Å². The van der Waals surface area contributed by atoms with Gasteiger partial charge in [0.1, 0.15) is 0 Å². The Kier molecular flexibility index (Phi) is 6.64. The SMILES string of the molecule is COCC(O)CNC1CCC(SC)CC1. The first kappa shape index (κ1) is 13.3. The highest BCUT2D eigenvalue weighted by Crippen LogP contribution is 2.26. The molecule has 0 aromatic heterocycles. The molecule has 0 spiro atoms. The molecule has 0 radical (unpaired) electrons. The Balaban J connectivity index is 2.08. The highest BCUT2D eigenvalue weighted by atomic mass is 32.2. The number of ether oxygens (including phenoxy) is 1. The standard InChI is InChI=1S/C11H23NO2S/c1-14-8-10(13)7-12-9-3-5-11(15-2)6-4-9/h9-13H,3-8H2,1-2H3. The van der Waals surface area contributed by atoms with Crippen LogP contribution in [0.1, 0.15) is 25.7 Å². The summed E-state index contributed by atoms with van der Waals surface area (Å²) in [6.45, 7) is 1.08. The van der Waals surface area contributed by atoms with Crippen molar-refractivity contribution in [2.75, 3.05) is 26.5 Å². The number of aliphatic hydroxyl groups is 1. The van der Waals surface area contributed by atoms with E-state index < -0.39 is 0 Å². The molecular formula is C11H23NO2S. The van der Waals surface area contributed by atoms with Crippen molar-refractivity contribution in [2.24, 2.45) is 0 Å². The van der Waals surface area contributed by atoms with Crippen LogP contribution in [0.25, 0.3) is 0 Å². The Bertz CT molecular complexity index is 161. The number of aliphatic hydroxyl groups excluding tert-OH is 1. The number of thioether (sulfide) groups is 1. The second-order valence-electron chi connectivity index (χ2n) is 4.23. The minimum Gasteiger partial charge on any atom is -0.389 e. The maximum Gasteiger partial charge on any atom is 0.0897 e. The lowest BCUT2D eigenvalue weighted by Crippen LogP contribution is -2.39. The summed E-state index contributed by atoms with van der Waals surface area (Å²) in [5.41, 5.74) is 0. The summed E-state index contributed by atoms with van der Waals surface area (Å²) in [5.74, 6) is 0. The maximum absolute atomic E-state index is 9.49. The summed E-state index contributed by atoms with van der Waals surface area (Å²) in [4.78, 5) is 0. The third-order valence-electron chi connectivity index (χ3n) is 3.01. The zero-order chi connectivity index (χ0) is 11.1. The molecule has 1 rings (SSSR count). The molecule has 1 saturated carbocycles. The Morgan fingerprint density at radius 1 is 1.40 bits per heavy atom. The van der Waals surface area contributed by atoms with Crippen LogP contribution in [0, 0.1) is 0 Å². The molecule has 0 saturated heterocycles. The summed E-state index contributed by atoms with van der Waals surface area (Å²) < 4.78 is 4.88. The molecule has 0 amide bonds. The van der Waals surface area contributed by atoms with Crippen LogP contribution in [0.4, 0.5) is 0 Å². The highest BCUT2D eigenvalue weighted by molar-refractivity contribution is 7.99. The first-order valence-corrected chi connectivity index (χ1v) is 6.98. The summed E-state index contributed by atoms with van der Waals surface area (Å²) >= 11 is 1.98. The molecule has 0 bridgehead atoms. The second kappa shape index (κ2) is 7.49. The Morgan fingerprint density at radius 3 is 2.60 bits per heavy atom. The molecule has 1 unspecified atom stereocenters. The normalized spacial score (nSPS) is 29.0. The third-order valence-corrected chi connectivity index (χ3v) is 4.15. The fourth-order valence-corrected chi connectivity index (χ4v) is 2.80. The van der Waals surface area contributed by atoms with E-state index in [2.05, 4.69) is 11.6 Å². The van der Waals surface area contributed by atoms with Gasteiger partial charge in [-0.15, -0.1) is 0 Å². The van der Waals surface area contributed by atoms with E-state index >= 15 is 0 Å². The minimum atomic E-state index is -0.367. The molecule has 15 heavy (non-hydrogen) atoms. The number of hydrogen-bond donors (Lipinski definition) is 2. The van der Waals surface area contributed by atoms with E-state index in [0.717, 1.165) is 5.25 Å². The van der Waals surface area contributed by atoms with Gasteiger partial charge in [-0.05, 0) is 31.9 Å². The van der Waals surface area contributed by atoms with Gasteiger partial charge in [0.05, 0.1) is 12.7 Å². The second-order valence-corrected chi connectivity index (χ2v) is 5.36. The van der Waals surface area contributed by atoms with Crippen LogP contribution in [0.5, 0.6) is 0 Å². The van der Waals surface area contributed by atoms with Crippen molar-refractivity contribution < 1.29 is 9.84 Å². The van der Waals surface area contributed by atoms with Gasteiger partial charge in [-0.2, -0.15) is 11.8 Å². The van der Waals surface area contributed by atoms with Crippen LogP contribution in [-0.2, 0) is 4.74 Å². The average molecular weight is 233 g/mol. The largest absolute Gasteiger partial charge is 0.389 e. The van der Waals surface area contributed by atoms with E-state index in [1.165, 1.54) is 25.7 Å². The van der Waals surface area contributed by atoms with Crippen LogP contribution in [-0.4, -0.2) is 49.0 Å². The van der Waals surface area contributed by atoms with Crippen LogP contribution >= 0.6 is 11.8 Å². The van der Waals surface area contributed by atoms with Crippen LogP contribution < -0.4 is 5.32 Å². The van der Waals surface area contributed by atoms with E-state index in [4.69, 9.17) is 4.74 Å². The first-order valence-electron chi connectivity index (χ1n) is 5.69. The van der Waals surface area contributed by atoms with Gasteiger partial charge in [0.15, 0.2) is 0 Å². The van der Waals surface area contributed by atoms with Gasteiger partial charge in [-0.1, -0.05) is 0 Å². The van der Waals surface area contributed by atoms with E-state index in [1.54, 1.807) is 7.11 Å². The molecule has 1 atom stereocenters. The summed E-state index contributed by atoms with van der Waals surface area (Å²) in [6, 6.07) is 0.597. The van der Waals surface area contributed by atoms with Crippen molar-refractivity contribution in [3.05, 3.63) is 0 Å². The monoisotopic (exact) mass is 233 g/mol. The molecule has 0 aliphatic heterocycles. The third kappa shape index (κ3) is 5.20. The van der Waals surface area contributed by atoms with Gasteiger partial charge >= 0.3 is 0 Å². The Hall–Kier alpha value is 0.230. The molecule has 0 aromatic rings. The predicted molar refractivity (Wildman–Crippen MR) is 65.4 cm³/mol. The topological polar surface area (TPSA) is 41.5 Å². The summed E-state index contributed by atoms with van der Waals surface area (Å²) in [5, 5.41) is 13.8. The van der Waals surface area contributed by atoms with Gasteiger partial charge < -0.3 is 15.2 Å². The lowest BCUT2D eigenvalue weighted by atomic mass is 9.95. The van der Waals surface area contributed by atoms with Crippen molar-refractivity contribution in [3.63, 3.8) is 0 Å². The summed E-state index contributed by atoms with van der Waals surface area (Å²) in [6.07, 6.45) is 6.92. The fraction of sp³-hybridized carbons (Fsp3) is 1.00. The van der Waals surface area contributed by atoms with E-state index in [0.29, 0.717) is 19.2 Å². The quantitative estimate of drug-likeness (QED) is 0.725. The fourth-order valence-electron chi connectivity index (χ4n) is 2.06. The highest BCUT2D eigenvalue weighted by Gasteiger charge is 2.20. The molecule has 0 heterocycles. The Labute approximate surface area is 97.0 Å². The van der Waals surface area contributed by atoms with Crippen molar-refractivity contribution in [2.45, 2.75) is 43.1 Å². The number of nitrogens with one attached hydrogen (secondary N) is 1. The van der Waals surface area contributed by atoms with Crippen LogP contribution in [0.15, 0.2) is 0 Å². The molecule has 1 aliphatic carbocycles. The van der Waals surface area contributed by atoms with E-state index in [-0.39, 0.29) is 6.10 Å². The van der Waals surface area contributed by atoms with Gasteiger partial charge in [-0.3, -0.25) is 0 Å². The predicted octanol–water partition coefficient (Wildman–Crippen LogP) is 1.26. The Morgan fingerprint density at radius 2 is 2.07 bits per heavy atom.